The van der Waals surface area contributed by atoms with E-state index in [0.717, 1.165) is 38.9 Å². The summed E-state index contributed by atoms with van der Waals surface area (Å²) >= 11 is 0. The molecule has 0 radical (unpaired) electrons. The van der Waals surface area contributed by atoms with Crippen LogP contribution in [0.25, 0.3) is 0 Å². The van der Waals surface area contributed by atoms with E-state index in [0.29, 0.717) is 6.10 Å². The average Bonchev–Trinajstić information content (AvgIpc) is 2.14. The molecule has 3 nitrogen and oxygen atoms in total. The highest BCUT2D eigenvalue weighted by Gasteiger charge is 2.08. The number of rotatable bonds is 5. The third-order valence-electron chi connectivity index (χ3n) is 1.95. The first-order chi connectivity index (χ1) is 5.93. The molecule has 1 aliphatic rings. The average molecular weight is 170 g/mol. The Morgan fingerprint density at radius 1 is 1.58 bits per heavy atom. The van der Waals surface area contributed by atoms with E-state index in [9.17, 15) is 0 Å². The SMILES string of the molecule is NCCCNCC1CCC=CO1. The van der Waals surface area contributed by atoms with Gasteiger partial charge in [0.15, 0.2) is 0 Å². The predicted molar refractivity (Wildman–Crippen MR) is 49.8 cm³/mol. The van der Waals surface area contributed by atoms with Crippen molar-refractivity contribution in [3.8, 4) is 0 Å². The van der Waals surface area contributed by atoms with E-state index in [1.807, 2.05) is 0 Å². The van der Waals surface area contributed by atoms with Crippen LogP contribution in [0.15, 0.2) is 12.3 Å². The molecule has 1 aliphatic heterocycles. The molecule has 0 aliphatic carbocycles. The van der Waals surface area contributed by atoms with Gasteiger partial charge in [-0.15, -0.1) is 0 Å². The zero-order valence-corrected chi connectivity index (χ0v) is 7.46. The fourth-order valence-electron chi connectivity index (χ4n) is 1.23. The fraction of sp³-hybridized carbons (Fsp3) is 0.778. The number of ether oxygens (including phenoxy) is 1. The molecule has 70 valence electrons. The van der Waals surface area contributed by atoms with Crippen molar-refractivity contribution in [3.05, 3.63) is 12.3 Å². The summed E-state index contributed by atoms with van der Waals surface area (Å²) in [7, 11) is 0. The zero-order chi connectivity index (χ0) is 8.65. The van der Waals surface area contributed by atoms with E-state index in [1.165, 1.54) is 0 Å². The van der Waals surface area contributed by atoms with Crippen LogP contribution < -0.4 is 11.1 Å². The van der Waals surface area contributed by atoms with Crippen molar-refractivity contribution >= 4 is 0 Å². The Hall–Kier alpha value is -0.540. The zero-order valence-electron chi connectivity index (χ0n) is 7.46. The summed E-state index contributed by atoms with van der Waals surface area (Å²) in [6, 6.07) is 0. The van der Waals surface area contributed by atoms with Crippen LogP contribution in [0.5, 0.6) is 0 Å². The van der Waals surface area contributed by atoms with Crippen LogP contribution in [0.2, 0.25) is 0 Å². The van der Waals surface area contributed by atoms with Crippen LogP contribution in [-0.2, 0) is 4.74 Å². The molecule has 0 amide bonds. The summed E-state index contributed by atoms with van der Waals surface area (Å²) in [6.45, 7) is 2.71. The fourth-order valence-corrected chi connectivity index (χ4v) is 1.23. The van der Waals surface area contributed by atoms with Gasteiger partial charge in [0.1, 0.15) is 6.10 Å². The molecule has 0 spiro atoms. The van der Waals surface area contributed by atoms with E-state index < -0.39 is 0 Å². The first-order valence-electron chi connectivity index (χ1n) is 4.64. The van der Waals surface area contributed by atoms with Gasteiger partial charge in [-0.3, -0.25) is 0 Å². The summed E-state index contributed by atoms with van der Waals surface area (Å²) in [5, 5.41) is 3.32. The number of hydrogen-bond donors (Lipinski definition) is 2. The Morgan fingerprint density at radius 3 is 3.17 bits per heavy atom. The smallest absolute Gasteiger partial charge is 0.110 e. The summed E-state index contributed by atoms with van der Waals surface area (Å²) in [5.41, 5.74) is 5.37. The molecule has 0 saturated heterocycles. The molecule has 3 heteroatoms. The van der Waals surface area contributed by atoms with E-state index in [4.69, 9.17) is 10.5 Å². The highest BCUT2D eigenvalue weighted by atomic mass is 16.5. The molecule has 1 rings (SSSR count). The standard InChI is InChI=1S/C9H18N2O/c10-5-3-6-11-8-9-4-1-2-7-12-9/h2,7,9,11H,1,3-6,8,10H2. The Morgan fingerprint density at radius 2 is 2.50 bits per heavy atom. The second-order valence-electron chi connectivity index (χ2n) is 3.05. The van der Waals surface area contributed by atoms with Gasteiger partial charge < -0.3 is 15.8 Å². The van der Waals surface area contributed by atoms with E-state index in [-0.39, 0.29) is 0 Å². The van der Waals surface area contributed by atoms with Crippen molar-refractivity contribution in [1.29, 1.82) is 0 Å². The van der Waals surface area contributed by atoms with Gasteiger partial charge in [-0.05, 0) is 38.4 Å². The molecular weight excluding hydrogens is 152 g/mol. The summed E-state index contributed by atoms with van der Waals surface area (Å²) in [4.78, 5) is 0. The number of nitrogens with one attached hydrogen (secondary N) is 1. The maximum Gasteiger partial charge on any atom is 0.110 e. The van der Waals surface area contributed by atoms with Gasteiger partial charge in [0.2, 0.25) is 0 Å². The molecule has 3 N–H and O–H groups in total. The highest BCUT2D eigenvalue weighted by Crippen LogP contribution is 2.08. The van der Waals surface area contributed by atoms with E-state index in [2.05, 4.69) is 11.4 Å². The summed E-state index contributed by atoms with van der Waals surface area (Å²) in [6.07, 6.45) is 7.56. The first kappa shape index (κ1) is 9.55. The lowest BCUT2D eigenvalue weighted by Gasteiger charge is -2.19. The number of allylic oxidation sites excluding steroid dienone is 1. The lowest BCUT2D eigenvalue weighted by molar-refractivity contribution is 0.122. The Labute approximate surface area is 74.0 Å². The molecule has 0 aromatic carbocycles. The third kappa shape index (κ3) is 3.74. The van der Waals surface area contributed by atoms with Gasteiger partial charge >= 0.3 is 0 Å². The first-order valence-corrected chi connectivity index (χ1v) is 4.64. The van der Waals surface area contributed by atoms with Crippen LogP contribution in [0.4, 0.5) is 0 Å². The van der Waals surface area contributed by atoms with Crippen molar-refractivity contribution < 1.29 is 4.74 Å². The van der Waals surface area contributed by atoms with Crippen LogP contribution >= 0.6 is 0 Å². The Balaban J connectivity index is 1.95. The van der Waals surface area contributed by atoms with Gasteiger partial charge in [0.05, 0.1) is 6.26 Å². The van der Waals surface area contributed by atoms with Crippen molar-refractivity contribution in [3.63, 3.8) is 0 Å². The molecule has 1 atom stereocenters. The lowest BCUT2D eigenvalue weighted by atomic mass is 10.1. The minimum atomic E-state index is 0.368. The van der Waals surface area contributed by atoms with Crippen LogP contribution in [0.3, 0.4) is 0 Å². The molecular formula is C9H18N2O. The van der Waals surface area contributed by atoms with E-state index in [1.54, 1.807) is 6.26 Å². The molecule has 1 unspecified atom stereocenters. The van der Waals surface area contributed by atoms with Crippen LogP contribution in [0.1, 0.15) is 19.3 Å². The van der Waals surface area contributed by atoms with Gasteiger partial charge in [-0.1, -0.05) is 0 Å². The van der Waals surface area contributed by atoms with Crippen molar-refractivity contribution in [1.82, 2.24) is 5.32 Å². The van der Waals surface area contributed by atoms with Gasteiger partial charge in [0.25, 0.3) is 0 Å². The highest BCUT2D eigenvalue weighted by molar-refractivity contribution is 4.82. The van der Waals surface area contributed by atoms with E-state index >= 15 is 0 Å². The number of hydrogen-bond acceptors (Lipinski definition) is 3. The Kier molecular flexibility index (Phi) is 4.80. The van der Waals surface area contributed by atoms with Gasteiger partial charge in [-0.2, -0.15) is 0 Å². The summed E-state index contributed by atoms with van der Waals surface area (Å²) < 4.78 is 5.38. The third-order valence-corrected chi connectivity index (χ3v) is 1.95. The van der Waals surface area contributed by atoms with Crippen LogP contribution in [-0.4, -0.2) is 25.7 Å². The second kappa shape index (κ2) is 6.03. The summed E-state index contributed by atoms with van der Waals surface area (Å²) in [5.74, 6) is 0. The van der Waals surface area contributed by atoms with Gasteiger partial charge in [-0.25, -0.2) is 0 Å². The normalized spacial score (nSPS) is 22.2. The molecule has 0 aromatic heterocycles. The molecule has 1 heterocycles. The molecule has 0 aromatic rings. The van der Waals surface area contributed by atoms with Crippen molar-refractivity contribution in [2.75, 3.05) is 19.6 Å². The quantitative estimate of drug-likeness (QED) is 0.594. The molecule has 0 saturated carbocycles. The maximum absolute atomic E-state index is 5.38. The molecule has 12 heavy (non-hydrogen) atoms. The largest absolute Gasteiger partial charge is 0.497 e. The minimum Gasteiger partial charge on any atom is -0.497 e. The molecule has 0 bridgehead atoms. The minimum absolute atomic E-state index is 0.368. The topological polar surface area (TPSA) is 47.3 Å². The van der Waals surface area contributed by atoms with Crippen LogP contribution in [0, 0.1) is 0 Å². The monoisotopic (exact) mass is 170 g/mol. The maximum atomic E-state index is 5.38. The lowest BCUT2D eigenvalue weighted by Crippen LogP contribution is -2.30. The second-order valence-corrected chi connectivity index (χ2v) is 3.05. The van der Waals surface area contributed by atoms with Gasteiger partial charge in [0, 0.05) is 6.54 Å². The predicted octanol–water partition coefficient (Wildman–Crippen LogP) is 0.617. The van der Waals surface area contributed by atoms with Crippen molar-refractivity contribution in [2.24, 2.45) is 5.73 Å². The van der Waals surface area contributed by atoms with Crippen molar-refractivity contribution in [2.45, 2.75) is 25.4 Å². The number of nitrogens with two attached hydrogens (primary N) is 1. The Bertz CT molecular complexity index is 136. The molecule has 0 fully saturated rings.